The number of thioether (sulfide) groups is 2. The lowest BCUT2D eigenvalue weighted by atomic mass is 9.92. The lowest BCUT2D eigenvalue weighted by molar-refractivity contribution is -0.131. The fourth-order valence-electron chi connectivity index (χ4n) is 7.47. The predicted molar refractivity (Wildman–Crippen MR) is 197 cm³/mol. The highest BCUT2D eigenvalue weighted by atomic mass is 32.2. The number of nitrogens with zero attached hydrogens (tertiary/aromatic N) is 6. The molecule has 2 amide bonds. The summed E-state index contributed by atoms with van der Waals surface area (Å²) in [5.41, 5.74) is 0.842. The average molecular weight is 703 g/mol. The Morgan fingerprint density at radius 2 is 1.00 bits per heavy atom. The Balaban J connectivity index is 1.22. The molecule has 0 bridgehead atoms. The number of rotatable bonds is 10. The highest BCUT2D eigenvalue weighted by molar-refractivity contribution is 8.00. The van der Waals surface area contributed by atoms with Crippen molar-refractivity contribution in [2.45, 2.75) is 70.4 Å². The number of hydrogen-bond donors (Lipinski definition) is 0. The lowest BCUT2D eigenvalue weighted by Crippen LogP contribution is -2.43. The van der Waals surface area contributed by atoms with Crippen LogP contribution in [0.2, 0.25) is 0 Å². The van der Waals surface area contributed by atoms with E-state index in [0.29, 0.717) is 75.3 Å². The first-order chi connectivity index (χ1) is 23.6. The van der Waals surface area contributed by atoms with Gasteiger partial charge in [-0.05, 0) is 67.2 Å². The topological polar surface area (TPSA) is 110 Å². The van der Waals surface area contributed by atoms with Crippen molar-refractivity contribution >= 4 is 57.1 Å². The molecule has 2 aromatic carbocycles. The van der Waals surface area contributed by atoms with Gasteiger partial charge in [-0.15, -0.1) is 0 Å². The number of carbonyl (C=O) groups is 2. The summed E-state index contributed by atoms with van der Waals surface area (Å²) in [6, 6.07) is 14.5. The number of fused-ring (bicyclic) bond motifs is 2. The molecule has 2 saturated heterocycles. The summed E-state index contributed by atoms with van der Waals surface area (Å²) in [6.45, 7) is 12.3. The maximum absolute atomic E-state index is 13.8. The zero-order valence-electron chi connectivity index (χ0n) is 28.8. The molecular formula is C37H46N6O4S2. The molecule has 2 fully saturated rings. The van der Waals surface area contributed by atoms with Crippen molar-refractivity contribution in [3.8, 4) is 0 Å². The molecular weight excluding hydrogens is 657 g/mol. The number of hydrogen-bond acceptors (Lipinski definition) is 8. The number of para-hydroxylation sites is 2. The molecule has 2 aromatic heterocycles. The van der Waals surface area contributed by atoms with Crippen molar-refractivity contribution in [3.05, 3.63) is 69.2 Å². The van der Waals surface area contributed by atoms with Crippen molar-refractivity contribution in [3.63, 3.8) is 0 Å². The average Bonchev–Trinajstić information content (AvgIpc) is 3.07. The third-order valence-corrected chi connectivity index (χ3v) is 11.4. The van der Waals surface area contributed by atoms with Crippen molar-refractivity contribution in [2.75, 3.05) is 37.7 Å². The quantitative estimate of drug-likeness (QED) is 0.160. The largest absolute Gasteiger partial charge is 0.341 e. The smallest absolute Gasteiger partial charge is 0.262 e. The van der Waals surface area contributed by atoms with Gasteiger partial charge in [0, 0.05) is 39.3 Å². The highest BCUT2D eigenvalue weighted by Gasteiger charge is 2.27. The van der Waals surface area contributed by atoms with Gasteiger partial charge in [-0.1, -0.05) is 75.5 Å². The van der Waals surface area contributed by atoms with Crippen LogP contribution in [0.3, 0.4) is 0 Å². The number of aromatic nitrogens is 4. The van der Waals surface area contributed by atoms with E-state index >= 15 is 0 Å². The summed E-state index contributed by atoms with van der Waals surface area (Å²) in [5, 5.41) is 2.00. The van der Waals surface area contributed by atoms with Crippen LogP contribution in [-0.4, -0.2) is 78.4 Å². The number of amides is 2. The fourth-order valence-corrected chi connectivity index (χ4v) is 9.32. The van der Waals surface area contributed by atoms with Crippen LogP contribution in [0.4, 0.5) is 0 Å². The van der Waals surface area contributed by atoms with Gasteiger partial charge in [0.15, 0.2) is 10.3 Å². The van der Waals surface area contributed by atoms with Gasteiger partial charge in [0.2, 0.25) is 11.8 Å². The van der Waals surface area contributed by atoms with Gasteiger partial charge in [-0.3, -0.25) is 28.3 Å². The van der Waals surface area contributed by atoms with E-state index in [1.54, 1.807) is 21.3 Å². The second kappa shape index (κ2) is 15.5. The van der Waals surface area contributed by atoms with Crippen molar-refractivity contribution in [1.82, 2.24) is 28.9 Å². The normalized spacial score (nSPS) is 21.4. The van der Waals surface area contributed by atoms with Crippen molar-refractivity contribution < 1.29 is 9.59 Å². The van der Waals surface area contributed by atoms with Gasteiger partial charge >= 0.3 is 0 Å². The van der Waals surface area contributed by atoms with Crippen LogP contribution in [0, 0.1) is 23.7 Å². The van der Waals surface area contributed by atoms with Crippen LogP contribution in [0.25, 0.3) is 21.8 Å². The van der Waals surface area contributed by atoms with E-state index in [1.807, 2.05) is 46.2 Å². The molecule has 2 aliphatic heterocycles. The van der Waals surface area contributed by atoms with E-state index in [2.05, 4.69) is 27.7 Å². The molecule has 4 heterocycles. The predicted octanol–water partition coefficient (Wildman–Crippen LogP) is 5.39. The molecule has 10 nitrogen and oxygen atoms in total. The summed E-state index contributed by atoms with van der Waals surface area (Å²) in [5.74, 6) is 2.33. The van der Waals surface area contributed by atoms with Gasteiger partial charge < -0.3 is 9.80 Å². The third-order valence-electron chi connectivity index (χ3n) is 9.51. The van der Waals surface area contributed by atoms with E-state index in [4.69, 9.17) is 9.97 Å². The minimum absolute atomic E-state index is 0.0517. The second-order valence-electron chi connectivity index (χ2n) is 14.2. The molecule has 6 rings (SSSR count). The highest BCUT2D eigenvalue weighted by Crippen LogP contribution is 2.26. The van der Waals surface area contributed by atoms with Gasteiger partial charge in [-0.25, -0.2) is 9.97 Å². The van der Waals surface area contributed by atoms with Crippen LogP contribution in [0.1, 0.15) is 47.0 Å². The third kappa shape index (κ3) is 8.23. The van der Waals surface area contributed by atoms with E-state index in [1.165, 1.54) is 23.5 Å². The van der Waals surface area contributed by atoms with Crippen LogP contribution in [0.15, 0.2) is 68.4 Å². The molecule has 0 saturated carbocycles. The molecule has 12 heteroatoms. The fraction of sp³-hybridized carbons (Fsp3) is 0.514. The SMILES string of the molecule is CC1CC(C)CN(C(=O)CSc2nc3ccccc3c(=O)n2CCCn2c(SCC(=O)N3CC(C)CC(C)C3)nc3ccccc3c2=O)C1. The summed E-state index contributed by atoms with van der Waals surface area (Å²) in [4.78, 5) is 67.6. The van der Waals surface area contributed by atoms with Gasteiger partial charge in [0.1, 0.15) is 0 Å². The number of carbonyl (C=O) groups excluding carboxylic acids is 2. The van der Waals surface area contributed by atoms with E-state index in [9.17, 15) is 19.2 Å². The molecule has 4 unspecified atom stereocenters. The first-order valence-corrected chi connectivity index (χ1v) is 19.3. The van der Waals surface area contributed by atoms with Crippen molar-refractivity contribution in [1.29, 1.82) is 0 Å². The molecule has 260 valence electrons. The molecule has 4 aromatic rings. The Labute approximate surface area is 295 Å². The van der Waals surface area contributed by atoms with E-state index in [-0.39, 0.29) is 34.4 Å². The molecule has 0 aliphatic carbocycles. The molecule has 0 spiro atoms. The van der Waals surface area contributed by atoms with E-state index < -0.39 is 0 Å². The van der Waals surface area contributed by atoms with Gasteiger partial charge in [0.05, 0.1) is 33.3 Å². The maximum atomic E-state index is 13.8. The summed E-state index contributed by atoms with van der Waals surface area (Å²) in [7, 11) is 0. The van der Waals surface area contributed by atoms with Gasteiger partial charge in [-0.2, -0.15) is 0 Å². The van der Waals surface area contributed by atoms with Crippen LogP contribution in [0.5, 0.6) is 0 Å². The Kier molecular flexibility index (Phi) is 11.1. The molecule has 0 N–H and O–H groups in total. The monoisotopic (exact) mass is 702 g/mol. The van der Waals surface area contributed by atoms with Crippen LogP contribution >= 0.6 is 23.5 Å². The minimum Gasteiger partial charge on any atom is -0.341 e. The Morgan fingerprint density at radius 1 is 0.633 bits per heavy atom. The molecule has 0 radical (unpaired) electrons. The summed E-state index contributed by atoms with van der Waals surface area (Å²) >= 11 is 2.59. The molecule has 2 aliphatic rings. The standard InChI is InChI=1S/C37H46N6O4S2/c1-24-16-25(2)19-40(18-24)32(44)22-48-36-38-30-12-7-5-10-28(30)34(46)42(36)14-9-15-43-35(47)29-11-6-8-13-31(29)39-37(43)49-23-33(45)41-20-26(3)17-27(4)21-41/h5-8,10-13,24-27H,9,14-23H2,1-4H3. The number of piperidine rings is 2. The van der Waals surface area contributed by atoms with Crippen LogP contribution < -0.4 is 11.1 Å². The first kappa shape index (κ1) is 35.2. The first-order valence-electron chi connectivity index (χ1n) is 17.4. The van der Waals surface area contributed by atoms with E-state index in [0.717, 1.165) is 39.0 Å². The molecule has 49 heavy (non-hydrogen) atoms. The maximum Gasteiger partial charge on any atom is 0.262 e. The Morgan fingerprint density at radius 3 is 1.39 bits per heavy atom. The number of benzene rings is 2. The number of likely N-dealkylation sites (tertiary alicyclic amines) is 2. The lowest BCUT2D eigenvalue weighted by Gasteiger charge is -2.35. The zero-order chi connectivity index (χ0) is 34.7. The van der Waals surface area contributed by atoms with Crippen molar-refractivity contribution in [2.24, 2.45) is 23.7 Å². The summed E-state index contributed by atoms with van der Waals surface area (Å²) < 4.78 is 3.27. The Bertz CT molecular complexity index is 1800. The molecule has 4 atom stereocenters. The Hall–Kier alpha value is -3.64. The van der Waals surface area contributed by atoms with Crippen LogP contribution in [-0.2, 0) is 22.7 Å². The minimum atomic E-state index is -0.171. The second-order valence-corrected chi connectivity index (χ2v) is 16.0. The zero-order valence-corrected chi connectivity index (χ0v) is 30.5. The van der Waals surface area contributed by atoms with Gasteiger partial charge in [0.25, 0.3) is 11.1 Å². The summed E-state index contributed by atoms with van der Waals surface area (Å²) in [6.07, 6.45) is 2.68.